The highest BCUT2D eigenvalue weighted by Crippen LogP contribution is 2.22. The Bertz CT molecular complexity index is 349. The van der Waals surface area contributed by atoms with Gasteiger partial charge in [0.25, 0.3) is 0 Å². The predicted molar refractivity (Wildman–Crippen MR) is 83.7 cm³/mol. The van der Waals surface area contributed by atoms with Crippen LogP contribution in [0.5, 0.6) is 5.75 Å². The number of rotatable bonds is 10. The zero-order chi connectivity index (χ0) is 13.9. The molecule has 2 N–H and O–H groups in total. The Labute approximate surface area is 118 Å². The van der Waals surface area contributed by atoms with E-state index < -0.39 is 0 Å². The number of hydrogen-bond donors (Lipinski definition) is 1. The second kappa shape index (κ2) is 9.71. The van der Waals surface area contributed by atoms with Crippen molar-refractivity contribution >= 4 is 5.69 Å². The number of ether oxygens (including phenoxy) is 1. The zero-order valence-corrected chi connectivity index (χ0v) is 12.6. The third-order valence-corrected chi connectivity index (χ3v) is 3.42. The maximum Gasteiger partial charge on any atom is 0.142 e. The summed E-state index contributed by atoms with van der Waals surface area (Å²) in [5, 5.41) is 0. The normalized spacial score (nSPS) is 10.6. The van der Waals surface area contributed by atoms with E-state index in [2.05, 4.69) is 13.8 Å². The molecule has 0 aliphatic heterocycles. The van der Waals surface area contributed by atoms with Crippen LogP contribution in [0.4, 0.5) is 5.69 Å². The van der Waals surface area contributed by atoms with Crippen LogP contribution in [0.15, 0.2) is 18.2 Å². The smallest absolute Gasteiger partial charge is 0.142 e. The van der Waals surface area contributed by atoms with E-state index in [1.807, 2.05) is 18.2 Å². The molecule has 0 bridgehead atoms. The Morgan fingerprint density at radius 1 is 0.947 bits per heavy atom. The first-order valence-corrected chi connectivity index (χ1v) is 7.73. The molecule has 1 rings (SSSR count). The average Bonchev–Trinajstić information content (AvgIpc) is 2.40. The topological polar surface area (TPSA) is 35.2 Å². The minimum absolute atomic E-state index is 0.741. The molecule has 0 atom stereocenters. The van der Waals surface area contributed by atoms with Crippen LogP contribution < -0.4 is 10.5 Å². The summed E-state index contributed by atoms with van der Waals surface area (Å²) in [6.07, 6.45) is 10.6. The molecule has 0 amide bonds. The molecule has 0 saturated carbocycles. The summed E-state index contributed by atoms with van der Waals surface area (Å²) in [5.74, 6) is 0.836. The largest absolute Gasteiger partial charge is 0.491 e. The quantitative estimate of drug-likeness (QED) is 0.471. The number of aryl methyl sites for hydroxylation is 1. The molecular formula is C17H29NO. The average molecular weight is 263 g/mol. The molecule has 0 unspecified atom stereocenters. The van der Waals surface area contributed by atoms with Crippen molar-refractivity contribution in [2.45, 2.75) is 65.2 Å². The van der Waals surface area contributed by atoms with Crippen LogP contribution in [0.2, 0.25) is 0 Å². The van der Waals surface area contributed by atoms with Crippen molar-refractivity contribution in [1.29, 1.82) is 0 Å². The fraction of sp³-hybridized carbons (Fsp3) is 0.647. The Balaban J connectivity index is 2.03. The van der Waals surface area contributed by atoms with Crippen LogP contribution in [-0.2, 0) is 0 Å². The van der Waals surface area contributed by atoms with Gasteiger partial charge in [0.15, 0.2) is 0 Å². The lowest BCUT2D eigenvalue weighted by Gasteiger charge is -2.09. The van der Waals surface area contributed by atoms with Gasteiger partial charge in [0, 0.05) is 0 Å². The van der Waals surface area contributed by atoms with Gasteiger partial charge in [0.2, 0.25) is 0 Å². The minimum Gasteiger partial charge on any atom is -0.491 e. The van der Waals surface area contributed by atoms with Crippen molar-refractivity contribution in [1.82, 2.24) is 0 Å². The Hall–Kier alpha value is -1.18. The summed E-state index contributed by atoms with van der Waals surface area (Å²) in [5.41, 5.74) is 7.81. The first kappa shape index (κ1) is 15.9. The number of anilines is 1. The monoisotopic (exact) mass is 263 g/mol. The van der Waals surface area contributed by atoms with E-state index in [1.54, 1.807) is 0 Å². The van der Waals surface area contributed by atoms with E-state index in [9.17, 15) is 0 Å². The zero-order valence-electron chi connectivity index (χ0n) is 12.6. The van der Waals surface area contributed by atoms with Gasteiger partial charge >= 0.3 is 0 Å². The molecule has 108 valence electrons. The van der Waals surface area contributed by atoms with Crippen LogP contribution in [0, 0.1) is 6.92 Å². The van der Waals surface area contributed by atoms with Crippen LogP contribution in [0.3, 0.4) is 0 Å². The predicted octanol–water partition coefficient (Wildman–Crippen LogP) is 5.10. The second-order valence-corrected chi connectivity index (χ2v) is 5.36. The lowest BCUT2D eigenvalue weighted by atomic mass is 10.1. The van der Waals surface area contributed by atoms with Gasteiger partial charge in [-0.15, -0.1) is 0 Å². The van der Waals surface area contributed by atoms with Crippen LogP contribution in [-0.4, -0.2) is 6.61 Å². The standard InChI is InChI=1S/C17H29NO/c1-3-4-5-6-7-8-9-10-13-19-17-14-15(2)11-12-16(17)18/h11-12,14H,3-10,13,18H2,1-2H3. The van der Waals surface area contributed by atoms with E-state index in [0.717, 1.165) is 24.5 Å². The molecule has 0 spiro atoms. The molecule has 19 heavy (non-hydrogen) atoms. The van der Waals surface area contributed by atoms with Gasteiger partial charge in [-0.05, 0) is 31.0 Å². The van der Waals surface area contributed by atoms with Crippen molar-refractivity contribution in [2.75, 3.05) is 12.3 Å². The summed E-state index contributed by atoms with van der Waals surface area (Å²) in [6.45, 7) is 5.10. The fourth-order valence-electron chi connectivity index (χ4n) is 2.18. The van der Waals surface area contributed by atoms with Gasteiger partial charge in [-0.25, -0.2) is 0 Å². The maximum absolute atomic E-state index is 5.87. The molecule has 1 aromatic rings. The molecule has 0 aliphatic carbocycles. The molecule has 1 aromatic carbocycles. The highest BCUT2D eigenvalue weighted by molar-refractivity contribution is 5.53. The highest BCUT2D eigenvalue weighted by Gasteiger charge is 2.00. The summed E-state index contributed by atoms with van der Waals surface area (Å²) < 4.78 is 5.74. The summed E-state index contributed by atoms with van der Waals surface area (Å²) in [7, 11) is 0. The molecule has 0 fully saturated rings. The Morgan fingerprint density at radius 2 is 1.58 bits per heavy atom. The van der Waals surface area contributed by atoms with Gasteiger partial charge in [0.05, 0.1) is 12.3 Å². The van der Waals surface area contributed by atoms with Gasteiger partial charge in [-0.3, -0.25) is 0 Å². The lowest BCUT2D eigenvalue weighted by Crippen LogP contribution is -2.00. The van der Waals surface area contributed by atoms with Gasteiger partial charge in [0.1, 0.15) is 5.75 Å². The van der Waals surface area contributed by atoms with Gasteiger partial charge in [-0.1, -0.05) is 57.9 Å². The van der Waals surface area contributed by atoms with E-state index >= 15 is 0 Å². The number of benzene rings is 1. The van der Waals surface area contributed by atoms with Crippen LogP contribution in [0.1, 0.15) is 63.9 Å². The minimum atomic E-state index is 0.741. The van der Waals surface area contributed by atoms with Crippen molar-refractivity contribution in [3.63, 3.8) is 0 Å². The van der Waals surface area contributed by atoms with Crippen molar-refractivity contribution in [2.24, 2.45) is 0 Å². The first-order chi connectivity index (χ1) is 9.24. The van der Waals surface area contributed by atoms with E-state index in [1.165, 1.54) is 50.5 Å². The molecule has 0 aliphatic rings. The first-order valence-electron chi connectivity index (χ1n) is 7.73. The highest BCUT2D eigenvalue weighted by atomic mass is 16.5. The molecular weight excluding hydrogens is 234 g/mol. The molecule has 2 heteroatoms. The molecule has 2 nitrogen and oxygen atoms in total. The maximum atomic E-state index is 5.87. The summed E-state index contributed by atoms with van der Waals surface area (Å²) in [4.78, 5) is 0. The van der Waals surface area contributed by atoms with E-state index in [4.69, 9.17) is 10.5 Å². The third kappa shape index (κ3) is 7.09. The fourth-order valence-corrected chi connectivity index (χ4v) is 2.18. The lowest BCUT2D eigenvalue weighted by molar-refractivity contribution is 0.305. The Kier molecular flexibility index (Phi) is 8.11. The van der Waals surface area contributed by atoms with Crippen LogP contribution >= 0.6 is 0 Å². The molecule has 0 radical (unpaired) electrons. The van der Waals surface area contributed by atoms with Crippen molar-refractivity contribution < 1.29 is 4.74 Å². The van der Waals surface area contributed by atoms with E-state index in [-0.39, 0.29) is 0 Å². The van der Waals surface area contributed by atoms with Gasteiger partial charge in [-0.2, -0.15) is 0 Å². The van der Waals surface area contributed by atoms with Gasteiger partial charge < -0.3 is 10.5 Å². The molecule has 0 saturated heterocycles. The van der Waals surface area contributed by atoms with Crippen molar-refractivity contribution in [3.05, 3.63) is 23.8 Å². The molecule has 0 heterocycles. The summed E-state index contributed by atoms with van der Waals surface area (Å²) >= 11 is 0. The third-order valence-electron chi connectivity index (χ3n) is 3.42. The molecule has 0 aromatic heterocycles. The number of hydrogen-bond acceptors (Lipinski definition) is 2. The van der Waals surface area contributed by atoms with Crippen molar-refractivity contribution in [3.8, 4) is 5.75 Å². The van der Waals surface area contributed by atoms with E-state index in [0.29, 0.717) is 0 Å². The SMILES string of the molecule is CCCCCCCCCCOc1cc(C)ccc1N. The summed E-state index contributed by atoms with van der Waals surface area (Å²) in [6, 6.07) is 5.94. The van der Waals surface area contributed by atoms with Crippen LogP contribution in [0.25, 0.3) is 0 Å². The number of nitrogen functional groups attached to an aromatic ring is 1. The second-order valence-electron chi connectivity index (χ2n) is 5.36. The number of nitrogens with two attached hydrogens (primary N) is 1. The number of unbranched alkanes of at least 4 members (excludes halogenated alkanes) is 7. The Morgan fingerprint density at radius 3 is 2.26 bits per heavy atom.